The Morgan fingerprint density at radius 3 is 2.59 bits per heavy atom. The lowest BCUT2D eigenvalue weighted by molar-refractivity contribution is -0.147. The average molecular weight is 417 g/mol. The first kappa shape index (κ1) is 19.8. The highest BCUT2D eigenvalue weighted by atomic mass is 28.4. The van der Waals surface area contributed by atoms with E-state index >= 15 is 0 Å². The molecule has 0 radical (unpaired) electrons. The summed E-state index contributed by atoms with van der Waals surface area (Å²) in [6.45, 7) is 10.5. The molecule has 1 spiro atoms. The van der Waals surface area contributed by atoms with E-state index in [1.165, 1.54) is 12.8 Å². The fourth-order valence-corrected chi connectivity index (χ4v) is 9.19. The highest BCUT2D eigenvalue weighted by Gasteiger charge is 2.77. The summed E-state index contributed by atoms with van der Waals surface area (Å²) in [5.41, 5.74) is 0.0103. The van der Waals surface area contributed by atoms with Crippen LogP contribution in [-0.4, -0.2) is 26.2 Å². The summed E-state index contributed by atoms with van der Waals surface area (Å²) in [5.74, 6) is 4.10. The van der Waals surface area contributed by atoms with E-state index in [9.17, 15) is 9.59 Å². The molecule has 5 aliphatic carbocycles. The van der Waals surface area contributed by atoms with E-state index in [0.29, 0.717) is 35.4 Å². The molecule has 0 bridgehead atoms. The number of esters is 1. The first-order valence-corrected chi connectivity index (χ1v) is 15.1. The van der Waals surface area contributed by atoms with Crippen molar-refractivity contribution in [2.75, 3.05) is 0 Å². The third-order valence-corrected chi connectivity index (χ3v) is 10.0. The zero-order chi connectivity index (χ0) is 20.8. The molecule has 5 heteroatoms. The molecule has 4 fully saturated rings. The molecule has 160 valence electrons. The molecule has 4 nitrogen and oxygen atoms in total. The summed E-state index contributed by atoms with van der Waals surface area (Å²) < 4.78 is 12.4. The van der Waals surface area contributed by atoms with Crippen LogP contribution in [0.4, 0.5) is 0 Å². The van der Waals surface area contributed by atoms with Crippen molar-refractivity contribution in [3.05, 3.63) is 11.8 Å². The van der Waals surface area contributed by atoms with E-state index in [0.717, 1.165) is 37.9 Å². The summed E-state index contributed by atoms with van der Waals surface area (Å²) in [5, 5.41) is 0. The number of fused-ring (bicyclic) bond motifs is 3. The Morgan fingerprint density at radius 2 is 1.90 bits per heavy atom. The Morgan fingerprint density at radius 1 is 1.14 bits per heavy atom. The molecule has 0 saturated heterocycles. The van der Waals surface area contributed by atoms with Crippen LogP contribution in [-0.2, 0) is 18.8 Å². The van der Waals surface area contributed by atoms with Gasteiger partial charge in [0.1, 0.15) is 11.9 Å². The number of carbonyl (C=O) groups is 2. The van der Waals surface area contributed by atoms with Crippen molar-refractivity contribution in [1.82, 2.24) is 0 Å². The molecule has 29 heavy (non-hydrogen) atoms. The van der Waals surface area contributed by atoms with Gasteiger partial charge in [0.2, 0.25) is 8.32 Å². The van der Waals surface area contributed by atoms with Crippen LogP contribution in [0.25, 0.3) is 0 Å². The molecular formula is C24H36O4Si. The van der Waals surface area contributed by atoms with Gasteiger partial charge in [-0.3, -0.25) is 9.59 Å². The van der Waals surface area contributed by atoms with Gasteiger partial charge in [-0.15, -0.1) is 0 Å². The maximum absolute atomic E-state index is 12.7. The van der Waals surface area contributed by atoms with Crippen LogP contribution < -0.4 is 0 Å². The maximum Gasteiger partial charge on any atom is 0.302 e. The first-order valence-electron chi connectivity index (χ1n) is 11.7. The van der Waals surface area contributed by atoms with Crippen molar-refractivity contribution in [3.8, 4) is 0 Å². The smallest absolute Gasteiger partial charge is 0.302 e. The Hall–Kier alpha value is -1.10. The van der Waals surface area contributed by atoms with Crippen molar-refractivity contribution < 1.29 is 18.8 Å². The molecule has 0 amide bonds. The lowest BCUT2D eigenvalue weighted by Crippen LogP contribution is -2.50. The second-order valence-electron chi connectivity index (χ2n) is 11.7. The van der Waals surface area contributed by atoms with Gasteiger partial charge in [-0.1, -0.05) is 6.92 Å². The van der Waals surface area contributed by atoms with Crippen LogP contribution in [0.1, 0.15) is 58.8 Å². The lowest BCUT2D eigenvalue weighted by atomic mass is 9.49. The van der Waals surface area contributed by atoms with Crippen molar-refractivity contribution in [1.29, 1.82) is 0 Å². The lowest BCUT2D eigenvalue weighted by Gasteiger charge is -2.54. The van der Waals surface area contributed by atoms with Gasteiger partial charge in [0.15, 0.2) is 0 Å². The standard InChI is InChI=1S/C24H36O4Si/c1-14(25)27-22-20-13-16(28-29(3,4)5)12-15-6-7-17-18-8-9-21(26)23(18,2)11-10-19(17)24(15,20)22/h13,15,17-20,22H,6-12H2,1-5H3/t15-,17-,18-,19-,20-,22?,23-,24+/m0/s1. The average Bonchev–Trinajstić information content (AvgIpc) is 3.10. The molecule has 0 aromatic carbocycles. The van der Waals surface area contributed by atoms with Crippen molar-refractivity contribution in [2.45, 2.75) is 84.5 Å². The number of rotatable bonds is 3. The van der Waals surface area contributed by atoms with Gasteiger partial charge < -0.3 is 9.16 Å². The van der Waals surface area contributed by atoms with Gasteiger partial charge in [-0.05, 0) is 81.5 Å². The number of ketones is 1. The molecule has 8 atom stereocenters. The van der Waals surface area contributed by atoms with Crippen LogP contribution in [0, 0.1) is 40.4 Å². The van der Waals surface area contributed by atoms with Gasteiger partial charge in [-0.25, -0.2) is 0 Å². The molecular weight excluding hydrogens is 380 g/mol. The third kappa shape index (κ3) is 2.75. The summed E-state index contributed by atoms with van der Waals surface area (Å²) in [7, 11) is -1.65. The number of hydrogen-bond acceptors (Lipinski definition) is 4. The molecule has 1 unspecified atom stereocenters. The van der Waals surface area contributed by atoms with Gasteiger partial charge in [0.05, 0.1) is 5.76 Å². The van der Waals surface area contributed by atoms with E-state index in [4.69, 9.17) is 9.16 Å². The summed E-state index contributed by atoms with van der Waals surface area (Å²) in [6, 6.07) is 0. The minimum Gasteiger partial charge on any atom is -0.548 e. The Bertz CT molecular complexity index is 782. The van der Waals surface area contributed by atoms with Crippen molar-refractivity contribution >= 4 is 20.1 Å². The van der Waals surface area contributed by atoms with E-state index in [-0.39, 0.29) is 22.9 Å². The van der Waals surface area contributed by atoms with E-state index in [1.807, 2.05) is 0 Å². The molecule has 0 heterocycles. The van der Waals surface area contributed by atoms with Gasteiger partial charge in [0.25, 0.3) is 0 Å². The number of ether oxygens (including phenoxy) is 1. The maximum atomic E-state index is 12.7. The second kappa shape index (κ2) is 6.21. The molecule has 0 N–H and O–H groups in total. The van der Waals surface area contributed by atoms with Gasteiger partial charge >= 0.3 is 5.97 Å². The third-order valence-electron chi connectivity index (χ3n) is 9.17. The van der Waals surface area contributed by atoms with Crippen molar-refractivity contribution in [3.63, 3.8) is 0 Å². The quantitative estimate of drug-likeness (QED) is 0.475. The summed E-state index contributed by atoms with van der Waals surface area (Å²) >= 11 is 0. The molecule has 0 aromatic rings. The Labute approximate surface area is 175 Å². The van der Waals surface area contributed by atoms with E-state index in [2.05, 4.69) is 32.6 Å². The van der Waals surface area contributed by atoms with Crippen LogP contribution in [0.2, 0.25) is 19.6 Å². The molecule has 5 aliphatic rings. The first-order chi connectivity index (χ1) is 13.6. The predicted molar refractivity (Wildman–Crippen MR) is 113 cm³/mol. The fraction of sp³-hybridized carbons (Fsp3) is 0.833. The number of Topliss-reactive ketones (excluding diaryl/α,β-unsaturated/α-hetero) is 1. The number of hydrogen-bond donors (Lipinski definition) is 0. The largest absolute Gasteiger partial charge is 0.548 e. The predicted octanol–water partition coefficient (Wildman–Crippen LogP) is 5.10. The van der Waals surface area contributed by atoms with Crippen LogP contribution in [0.5, 0.6) is 0 Å². The molecule has 0 aromatic heterocycles. The summed E-state index contributed by atoms with van der Waals surface area (Å²) in [6.07, 6.45) is 9.74. The Kier molecular flexibility index (Phi) is 4.25. The molecule has 4 saturated carbocycles. The van der Waals surface area contributed by atoms with Crippen LogP contribution in [0.15, 0.2) is 11.8 Å². The SMILES string of the molecule is CC(=O)OC1[C@@H]2C=C(O[Si](C)(C)C)C[C@@H]3CC[C@@H]4[C@H](CC[C@]5(C)C(=O)CC[C@@H]45)[C@]132. The number of carbonyl (C=O) groups excluding carboxylic acids is 2. The molecule has 5 rings (SSSR count). The van der Waals surface area contributed by atoms with Gasteiger partial charge in [0, 0.05) is 36.5 Å². The fourth-order valence-electron chi connectivity index (χ4n) is 8.26. The van der Waals surface area contributed by atoms with E-state index < -0.39 is 8.32 Å². The minimum absolute atomic E-state index is 0.0157. The zero-order valence-corrected chi connectivity index (χ0v) is 19.6. The van der Waals surface area contributed by atoms with Crippen LogP contribution >= 0.6 is 0 Å². The normalized spacial score (nSPS) is 47.9. The molecule has 0 aliphatic heterocycles. The van der Waals surface area contributed by atoms with Crippen molar-refractivity contribution in [2.24, 2.45) is 40.4 Å². The number of allylic oxidation sites excluding steroid dienone is 1. The van der Waals surface area contributed by atoms with Crippen LogP contribution in [0.3, 0.4) is 0 Å². The second-order valence-corrected chi connectivity index (χ2v) is 16.1. The summed E-state index contributed by atoms with van der Waals surface area (Å²) in [4.78, 5) is 24.6. The topological polar surface area (TPSA) is 52.6 Å². The minimum atomic E-state index is -1.65. The monoisotopic (exact) mass is 416 g/mol. The highest BCUT2D eigenvalue weighted by Crippen LogP contribution is 2.76. The zero-order valence-electron chi connectivity index (χ0n) is 18.6. The Balaban J connectivity index is 1.49. The van der Waals surface area contributed by atoms with Gasteiger partial charge in [-0.2, -0.15) is 0 Å². The van der Waals surface area contributed by atoms with E-state index in [1.54, 1.807) is 6.92 Å². The highest BCUT2D eigenvalue weighted by molar-refractivity contribution is 6.70.